The van der Waals surface area contributed by atoms with Crippen molar-refractivity contribution in [1.29, 1.82) is 0 Å². The molecule has 10 heteroatoms. The summed E-state index contributed by atoms with van der Waals surface area (Å²) in [5, 5.41) is 18.4. The summed E-state index contributed by atoms with van der Waals surface area (Å²) in [6.45, 7) is 2.12. The Labute approximate surface area is 192 Å². The maximum absolute atomic E-state index is 11.7. The second-order valence-corrected chi connectivity index (χ2v) is 8.85. The molecule has 0 amide bonds. The lowest BCUT2D eigenvalue weighted by molar-refractivity contribution is 0.0526. The van der Waals surface area contributed by atoms with Gasteiger partial charge in [-0.25, -0.2) is 9.78 Å². The molecule has 2 aromatic carbocycles. The molecule has 0 aliphatic carbocycles. The van der Waals surface area contributed by atoms with E-state index in [0.29, 0.717) is 23.0 Å². The molecule has 0 aliphatic heterocycles. The van der Waals surface area contributed by atoms with Crippen molar-refractivity contribution in [3.8, 4) is 0 Å². The molecule has 162 valence electrons. The van der Waals surface area contributed by atoms with Gasteiger partial charge in [-0.05, 0) is 61.5 Å². The Balaban J connectivity index is 1.42. The van der Waals surface area contributed by atoms with E-state index in [2.05, 4.69) is 25.4 Å². The van der Waals surface area contributed by atoms with Gasteiger partial charge in [0.05, 0.1) is 28.2 Å². The van der Waals surface area contributed by atoms with Crippen molar-refractivity contribution >= 4 is 65.4 Å². The number of anilines is 1. The Bertz CT molecular complexity index is 1240. The first-order valence-electron chi connectivity index (χ1n) is 9.80. The summed E-state index contributed by atoms with van der Waals surface area (Å²) in [7, 11) is 3.99. The third kappa shape index (κ3) is 5.21. The molecule has 0 atom stereocenters. The molecule has 32 heavy (non-hydrogen) atoms. The number of fused-ring (bicyclic) bond motifs is 1. The van der Waals surface area contributed by atoms with Crippen LogP contribution in [0.5, 0.6) is 0 Å². The molecule has 0 radical (unpaired) electrons. The molecule has 0 spiro atoms. The number of benzene rings is 2. The van der Waals surface area contributed by atoms with Crippen LogP contribution in [-0.4, -0.2) is 31.7 Å². The van der Waals surface area contributed by atoms with Crippen molar-refractivity contribution in [2.75, 3.05) is 25.6 Å². The number of rotatable bonds is 7. The van der Waals surface area contributed by atoms with Crippen molar-refractivity contribution < 1.29 is 9.53 Å². The Morgan fingerprint density at radius 2 is 1.59 bits per heavy atom. The number of thiophene rings is 1. The van der Waals surface area contributed by atoms with E-state index in [1.54, 1.807) is 31.2 Å². The summed E-state index contributed by atoms with van der Waals surface area (Å²) in [5.74, 6) is -0.348. The van der Waals surface area contributed by atoms with Crippen LogP contribution in [0.2, 0.25) is 0 Å². The summed E-state index contributed by atoms with van der Waals surface area (Å²) in [6.07, 6.45) is 0. The molecule has 0 fully saturated rings. The number of azo groups is 2. The monoisotopic (exact) mass is 464 g/mol. The Morgan fingerprint density at radius 1 is 0.938 bits per heavy atom. The smallest absolute Gasteiger partial charge is 0.338 e. The van der Waals surface area contributed by atoms with Gasteiger partial charge in [0.2, 0.25) is 5.13 Å². The molecular weight excluding hydrogens is 444 g/mol. The van der Waals surface area contributed by atoms with Gasteiger partial charge in [-0.1, -0.05) is 22.7 Å². The molecule has 0 aliphatic rings. The van der Waals surface area contributed by atoms with E-state index >= 15 is 0 Å². The van der Waals surface area contributed by atoms with Crippen molar-refractivity contribution in [2.24, 2.45) is 20.5 Å². The summed E-state index contributed by atoms with van der Waals surface area (Å²) >= 11 is 2.89. The number of hydrogen-bond donors (Lipinski definition) is 0. The lowest BCUT2D eigenvalue weighted by atomic mass is 10.2. The number of aromatic nitrogens is 1. The number of carbonyl (C=O) groups excluding carboxylic acids is 1. The van der Waals surface area contributed by atoms with Crippen LogP contribution >= 0.6 is 22.7 Å². The Hall–Kier alpha value is -3.50. The van der Waals surface area contributed by atoms with E-state index in [9.17, 15) is 4.79 Å². The lowest BCUT2D eigenvalue weighted by Crippen LogP contribution is -2.07. The molecule has 4 aromatic rings. The second-order valence-electron chi connectivity index (χ2n) is 6.83. The van der Waals surface area contributed by atoms with Gasteiger partial charge >= 0.3 is 5.97 Å². The SMILES string of the molecule is CCOC(=O)c1ccc(N=Nc2cc3sc(N=Nc4ccc(N(C)C)cc4)nc3s2)cc1. The van der Waals surface area contributed by atoms with Gasteiger partial charge in [0.15, 0.2) is 0 Å². The molecule has 4 rings (SSSR count). The zero-order chi connectivity index (χ0) is 22.5. The third-order valence-corrected chi connectivity index (χ3v) is 6.25. The Kier molecular flexibility index (Phi) is 6.62. The standard InChI is InChI=1S/C22H20N6O2S2/c1-4-30-21(29)14-5-7-15(8-6-14)24-26-19-13-18-20(32-19)23-22(31-18)27-25-16-9-11-17(12-10-16)28(2)3/h5-13H,4H2,1-3H3. The highest BCUT2D eigenvalue weighted by Crippen LogP contribution is 2.39. The fraction of sp³-hybridized carbons (Fsp3) is 0.182. The fourth-order valence-corrected chi connectivity index (χ4v) is 4.56. The van der Waals surface area contributed by atoms with Gasteiger partial charge in [-0.2, -0.15) is 0 Å². The minimum atomic E-state index is -0.348. The van der Waals surface area contributed by atoms with Crippen LogP contribution in [0.25, 0.3) is 9.53 Å². The van der Waals surface area contributed by atoms with Crippen molar-refractivity contribution in [1.82, 2.24) is 4.98 Å². The van der Waals surface area contributed by atoms with Crippen LogP contribution in [0, 0.1) is 0 Å². The lowest BCUT2D eigenvalue weighted by Gasteiger charge is -2.11. The zero-order valence-electron chi connectivity index (χ0n) is 17.7. The zero-order valence-corrected chi connectivity index (χ0v) is 19.4. The van der Waals surface area contributed by atoms with Crippen LogP contribution in [0.15, 0.2) is 75.1 Å². The molecule has 0 saturated heterocycles. The largest absolute Gasteiger partial charge is 0.462 e. The van der Waals surface area contributed by atoms with Crippen LogP contribution in [0.4, 0.5) is 27.2 Å². The molecule has 2 heterocycles. The average molecular weight is 465 g/mol. The van der Waals surface area contributed by atoms with Crippen LogP contribution in [-0.2, 0) is 4.74 Å². The first-order chi connectivity index (χ1) is 15.5. The van der Waals surface area contributed by atoms with Crippen molar-refractivity contribution in [2.45, 2.75) is 6.92 Å². The minimum Gasteiger partial charge on any atom is -0.462 e. The number of carbonyl (C=O) groups is 1. The summed E-state index contributed by atoms with van der Waals surface area (Å²) in [6, 6.07) is 16.6. The van der Waals surface area contributed by atoms with E-state index in [1.807, 2.05) is 49.3 Å². The highest BCUT2D eigenvalue weighted by atomic mass is 32.1. The van der Waals surface area contributed by atoms with Gasteiger partial charge in [-0.15, -0.1) is 20.5 Å². The van der Waals surface area contributed by atoms with Gasteiger partial charge < -0.3 is 9.64 Å². The van der Waals surface area contributed by atoms with E-state index in [0.717, 1.165) is 25.9 Å². The van der Waals surface area contributed by atoms with Crippen molar-refractivity contribution in [3.63, 3.8) is 0 Å². The van der Waals surface area contributed by atoms with Crippen LogP contribution < -0.4 is 4.90 Å². The first-order valence-corrected chi connectivity index (χ1v) is 11.4. The first kappa shape index (κ1) is 21.7. The second kappa shape index (κ2) is 9.75. The maximum Gasteiger partial charge on any atom is 0.338 e. The number of esters is 1. The van der Waals surface area contributed by atoms with Crippen LogP contribution in [0.3, 0.4) is 0 Å². The van der Waals surface area contributed by atoms with Gasteiger partial charge in [0.1, 0.15) is 9.83 Å². The Morgan fingerprint density at radius 3 is 2.22 bits per heavy atom. The van der Waals surface area contributed by atoms with E-state index in [4.69, 9.17) is 4.74 Å². The quantitative estimate of drug-likeness (QED) is 0.210. The number of hydrogen-bond acceptors (Lipinski definition) is 10. The third-order valence-electron chi connectivity index (χ3n) is 4.32. The average Bonchev–Trinajstić information content (AvgIpc) is 3.35. The molecule has 0 saturated carbocycles. The van der Waals surface area contributed by atoms with E-state index < -0.39 is 0 Å². The minimum absolute atomic E-state index is 0.344. The summed E-state index contributed by atoms with van der Waals surface area (Å²) in [4.78, 5) is 19.1. The molecule has 0 bridgehead atoms. The van der Waals surface area contributed by atoms with E-state index in [1.165, 1.54) is 22.7 Å². The maximum atomic E-state index is 11.7. The van der Waals surface area contributed by atoms with Gasteiger partial charge in [-0.3, -0.25) is 0 Å². The van der Waals surface area contributed by atoms with Crippen molar-refractivity contribution in [3.05, 3.63) is 60.2 Å². The van der Waals surface area contributed by atoms with Gasteiger partial charge in [0, 0.05) is 19.8 Å². The number of ether oxygens (including phenoxy) is 1. The molecule has 2 aromatic heterocycles. The summed E-state index contributed by atoms with van der Waals surface area (Å²) in [5.41, 5.74) is 3.02. The predicted octanol–water partition coefficient (Wildman–Crippen LogP) is 7.43. The highest BCUT2D eigenvalue weighted by Gasteiger charge is 2.09. The molecular formula is C22H20N6O2S2. The normalized spacial score (nSPS) is 11.6. The fourth-order valence-electron chi connectivity index (χ4n) is 2.71. The summed E-state index contributed by atoms with van der Waals surface area (Å²) < 4.78 is 5.96. The van der Waals surface area contributed by atoms with E-state index in [-0.39, 0.29) is 5.97 Å². The number of thiazole rings is 1. The predicted molar refractivity (Wildman–Crippen MR) is 129 cm³/mol. The van der Waals surface area contributed by atoms with Crippen LogP contribution in [0.1, 0.15) is 17.3 Å². The molecule has 0 unspecified atom stereocenters. The van der Waals surface area contributed by atoms with Gasteiger partial charge in [0.25, 0.3) is 0 Å². The molecule has 0 N–H and O–H groups in total. The number of nitrogens with zero attached hydrogens (tertiary/aromatic N) is 6. The topological polar surface area (TPSA) is 91.9 Å². The highest BCUT2D eigenvalue weighted by molar-refractivity contribution is 7.30. The molecule has 8 nitrogen and oxygen atoms in total.